The Morgan fingerprint density at radius 2 is 2.19 bits per heavy atom. The molecule has 0 atom stereocenters. The number of hydrogen-bond donors (Lipinski definition) is 1. The molecule has 0 aromatic carbocycles. The van der Waals surface area contributed by atoms with Crippen molar-refractivity contribution in [1.82, 2.24) is 5.32 Å². The number of furan rings is 1. The van der Waals surface area contributed by atoms with E-state index in [9.17, 15) is 9.59 Å². The van der Waals surface area contributed by atoms with Crippen LogP contribution in [0, 0.1) is 11.3 Å². The third kappa shape index (κ3) is 5.53. The number of rotatable bonds is 7. The number of ether oxygens (including phenoxy) is 1. The van der Waals surface area contributed by atoms with E-state index in [1.807, 2.05) is 13.8 Å². The van der Waals surface area contributed by atoms with Crippen LogP contribution >= 0.6 is 0 Å². The van der Waals surface area contributed by atoms with Crippen LogP contribution in [0.2, 0.25) is 0 Å². The molecule has 1 rings (SSSR count). The summed E-state index contributed by atoms with van der Waals surface area (Å²) in [4.78, 5) is 23.3. The van der Waals surface area contributed by atoms with E-state index in [0.717, 1.165) is 12.8 Å². The second kappa shape index (κ2) is 8.59. The first-order valence-corrected chi connectivity index (χ1v) is 6.72. The average Bonchev–Trinajstić information content (AvgIpc) is 3.00. The van der Waals surface area contributed by atoms with Gasteiger partial charge < -0.3 is 14.5 Å². The van der Waals surface area contributed by atoms with Crippen LogP contribution in [0.15, 0.2) is 28.4 Å². The summed E-state index contributed by atoms with van der Waals surface area (Å²) in [6.45, 7) is 3.51. The first-order chi connectivity index (χ1) is 10.1. The molecule has 0 unspecified atom stereocenters. The van der Waals surface area contributed by atoms with Crippen molar-refractivity contribution in [1.29, 1.82) is 5.26 Å². The lowest BCUT2D eigenvalue weighted by atomic mass is 10.2. The molecule has 1 heterocycles. The molecule has 0 spiro atoms. The Kier molecular flexibility index (Phi) is 6.75. The molecule has 1 aromatic heterocycles. The van der Waals surface area contributed by atoms with E-state index < -0.39 is 12.6 Å². The van der Waals surface area contributed by atoms with Gasteiger partial charge >= 0.3 is 5.97 Å². The van der Waals surface area contributed by atoms with Gasteiger partial charge in [0.05, 0.1) is 6.26 Å². The maximum Gasteiger partial charge on any atom is 0.349 e. The van der Waals surface area contributed by atoms with Crippen LogP contribution in [0.4, 0.5) is 0 Å². The fourth-order valence-corrected chi connectivity index (χ4v) is 1.62. The zero-order valence-corrected chi connectivity index (χ0v) is 12.1. The minimum absolute atomic E-state index is 0.0605. The zero-order valence-electron chi connectivity index (χ0n) is 12.1. The summed E-state index contributed by atoms with van der Waals surface area (Å²) >= 11 is 0. The number of amides is 1. The highest BCUT2D eigenvalue weighted by Gasteiger charge is 2.15. The van der Waals surface area contributed by atoms with Crippen molar-refractivity contribution in [3.05, 3.63) is 29.7 Å². The fraction of sp³-hybridized carbons (Fsp3) is 0.400. The van der Waals surface area contributed by atoms with Crippen molar-refractivity contribution in [2.24, 2.45) is 0 Å². The molecule has 1 N–H and O–H groups in total. The molecule has 6 nitrogen and oxygen atoms in total. The summed E-state index contributed by atoms with van der Waals surface area (Å²) in [5, 5.41) is 11.7. The smallest absolute Gasteiger partial charge is 0.349 e. The molecule has 0 fully saturated rings. The quantitative estimate of drug-likeness (QED) is 0.471. The molecule has 21 heavy (non-hydrogen) atoms. The van der Waals surface area contributed by atoms with Gasteiger partial charge in [-0.2, -0.15) is 5.26 Å². The first kappa shape index (κ1) is 16.5. The number of carbonyl (C=O) groups is 2. The van der Waals surface area contributed by atoms with Crippen LogP contribution in [-0.2, 0) is 14.3 Å². The molecule has 0 aliphatic heterocycles. The lowest BCUT2D eigenvalue weighted by Gasteiger charge is -2.14. The van der Waals surface area contributed by atoms with Gasteiger partial charge in [-0.25, -0.2) is 4.79 Å². The monoisotopic (exact) mass is 290 g/mol. The molecular weight excluding hydrogens is 272 g/mol. The van der Waals surface area contributed by atoms with Gasteiger partial charge in [-0.05, 0) is 25.0 Å². The van der Waals surface area contributed by atoms with Crippen LogP contribution in [0.3, 0.4) is 0 Å². The second-order valence-corrected chi connectivity index (χ2v) is 4.34. The van der Waals surface area contributed by atoms with E-state index in [2.05, 4.69) is 5.32 Å². The van der Waals surface area contributed by atoms with Crippen molar-refractivity contribution in [3.63, 3.8) is 0 Å². The Bertz CT molecular complexity index is 537. The van der Waals surface area contributed by atoms with Gasteiger partial charge in [-0.1, -0.05) is 13.8 Å². The van der Waals surface area contributed by atoms with E-state index in [1.165, 1.54) is 12.3 Å². The summed E-state index contributed by atoms with van der Waals surface area (Å²) in [6.07, 6.45) is 4.30. The SMILES string of the molecule is CCC(CC)NC(=O)COC(=O)/C(C#N)=C/c1ccco1. The molecular formula is C15H18N2O4. The highest BCUT2D eigenvalue weighted by Crippen LogP contribution is 2.08. The Hall–Kier alpha value is -2.55. The van der Waals surface area contributed by atoms with E-state index in [-0.39, 0.29) is 17.5 Å². The highest BCUT2D eigenvalue weighted by atomic mass is 16.5. The molecule has 1 aromatic rings. The molecule has 0 aliphatic carbocycles. The molecule has 1 amide bonds. The van der Waals surface area contributed by atoms with Crippen LogP contribution in [0.1, 0.15) is 32.4 Å². The summed E-state index contributed by atoms with van der Waals surface area (Å²) in [5.41, 5.74) is -0.222. The zero-order chi connectivity index (χ0) is 15.7. The molecule has 0 bridgehead atoms. The lowest BCUT2D eigenvalue weighted by Crippen LogP contribution is -2.36. The molecule has 0 saturated carbocycles. The van der Waals surface area contributed by atoms with Crippen LogP contribution < -0.4 is 5.32 Å². The normalized spacial score (nSPS) is 11.0. The Balaban J connectivity index is 2.52. The van der Waals surface area contributed by atoms with Crippen molar-refractivity contribution >= 4 is 18.0 Å². The van der Waals surface area contributed by atoms with Gasteiger partial charge in [0, 0.05) is 12.1 Å². The maximum absolute atomic E-state index is 11.7. The average molecular weight is 290 g/mol. The van der Waals surface area contributed by atoms with Crippen molar-refractivity contribution in [2.75, 3.05) is 6.61 Å². The van der Waals surface area contributed by atoms with Gasteiger partial charge in [0.15, 0.2) is 6.61 Å². The molecule has 0 saturated heterocycles. The fourth-order valence-electron chi connectivity index (χ4n) is 1.62. The summed E-state index contributed by atoms with van der Waals surface area (Å²) < 4.78 is 9.82. The van der Waals surface area contributed by atoms with Gasteiger partial charge in [0.1, 0.15) is 17.4 Å². The van der Waals surface area contributed by atoms with Crippen molar-refractivity contribution < 1.29 is 18.7 Å². The van der Waals surface area contributed by atoms with Crippen LogP contribution in [-0.4, -0.2) is 24.5 Å². The van der Waals surface area contributed by atoms with Crippen molar-refractivity contribution in [3.8, 4) is 6.07 Å². The Morgan fingerprint density at radius 3 is 2.71 bits per heavy atom. The number of nitriles is 1. The predicted molar refractivity (Wildman–Crippen MR) is 75.8 cm³/mol. The number of esters is 1. The van der Waals surface area contributed by atoms with E-state index in [1.54, 1.807) is 18.2 Å². The highest BCUT2D eigenvalue weighted by molar-refractivity contribution is 5.98. The molecule has 0 aliphatic rings. The topological polar surface area (TPSA) is 92.3 Å². The standard InChI is InChI=1S/C15H18N2O4/c1-3-12(4-2)17-14(18)10-21-15(19)11(9-16)8-13-6-5-7-20-13/h5-8,12H,3-4,10H2,1-2H3,(H,17,18)/b11-8+. The van der Waals surface area contributed by atoms with Crippen LogP contribution in [0.5, 0.6) is 0 Å². The van der Waals surface area contributed by atoms with Gasteiger partial charge in [-0.3, -0.25) is 4.79 Å². The maximum atomic E-state index is 11.7. The number of nitrogens with one attached hydrogen (secondary N) is 1. The number of carbonyl (C=O) groups excluding carboxylic acids is 2. The molecule has 0 radical (unpaired) electrons. The minimum Gasteiger partial charge on any atom is -0.465 e. The van der Waals surface area contributed by atoms with E-state index in [0.29, 0.717) is 5.76 Å². The van der Waals surface area contributed by atoms with E-state index >= 15 is 0 Å². The Labute approximate surface area is 123 Å². The van der Waals surface area contributed by atoms with Gasteiger partial charge in [0.2, 0.25) is 0 Å². The molecule has 6 heteroatoms. The summed E-state index contributed by atoms with van der Waals surface area (Å²) in [7, 11) is 0. The molecule has 112 valence electrons. The first-order valence-electron chi connectivity index (χ1n) is 6.72. The largest absolute Gasteiger partial charge is 0.465 e. The lowest BCUT2D eigenvalue weighted by molar-refractivity contribution is -0.144. The van der Waals surface area contributed by atoms with Crippen molar-refractivity contribution in [2.45, 2.75) is 32.7 Å². The third-order valence-electron chi connectivity index (χ3n) is 2.86. The second-order valence-electron chi connectivity index (χ2n) is 4.34. The van der Waals surface area contributed by atoms with Crippen LogP contribution in [0.25, 0.3) is 6.08 Å². The number of hydrogen-bond acceptors (Lipinski definition) is 5. The summed E-state index contributed by atoms with van der Waals surface area (Å²) in [5.74, 6) is -0.870. The van der Waals surface area contributed by atoms with Gasteiger partial charge in [-0.15, -0.1) is 0 Å². The predicted octanol–water partition coefficient (Wildman–Crippen LogP) is 2.03. The number of nitrogens with zero attached hydrogens (tertiary/aromatic N) is 1. The Morgan fingerprint density at radius 1 is 1.48 bits per heavy atom. The van der Waals surface area contributed by atoms with Gasteiger partial charge in [0.25, 0.3) is 5.91 Å². The minimum atomic E-state index is -0.853. The summed E-state index contributed by atoms with van der Waals surface area (Å²) in [6, 6.07) is 5.02. The third-order valence-corrected chi connectivity index (χ3v) is 2.86. The van der Waals surface area contributed by atoms with E-state index in [4.69, 9.17) is 14.4 Å².